The van der Waals surface area contributed by atoms with Crippen LogP contribution in [0.3, 0.4) is 0 Å². The van der Waals surface area contributed by atoms with Crippen LogP contribution >= 0.6 is 12.4 Å². The van der Waals surface area contributed by atoms with Gasteiger partial charge in [-0.2, -0.15) is 0 Å². The fourth-order valence-corrected chi connectivity index (χ4v) is 3.21. The third-order valence-electron chi connectivity index (χ3n) is 4.55. The molecule has 1 unspecified atom stereocenters. The summed E-state index contributed by atoms with van der Waals surface area (Å²) in [6.07, 6.45) is 1.55. The van der Waals surface area contributed by atoms with Gasteiger partial charge in [-0.15, -0.1) is 12.4 Å². The van der Waals surface area contributed by atoms with Crippen molar-refractivity contribution in [1.82, 2.24) is 4.90 Å². The van der Waals surface area contributed by atoms with Crippen LogP contribution in [0.5, 0.6) is 0 Å². The van der Waals surface area contributed by atoms with E-state index in [-0.39, 0.29) is 30.0 Å². The minimum Gasteiger partial charge on any atom is -0.388 e. The van der Waals surface area contributed by atoms with E-state index in [2.05, 4.69) is 13.8 Å². The number of nitrogens with zero attached hydrogens (tertiary/aromatic N) is 1. The second-order valence-corrected chi connectivity index (χ2v) is 6.90. The first-order chi connectivity index (χ1) is 10.9. The zero-order chi connectivity index (χ0) is 17.0. The van der Waals surface area contributed by atoms with Crippen molar-refractivity contribution < 1.29 is 14.3 Å². The predicted molar refractivity (Wildman–Crippen MR) is 95.3 cm³/mol. The van der Waals surface area contributed by atoms with Gasteiger partial charge in [0.2, 0.25) is 5.91 Å². The maximum Gasteiger partial charge on any atom is 0.239 e. The van der Waals surface area contributed by atoms with Crippen molar-refractivity contribution in [3.05, 3.63) is 35.6 Å². The third-order valence-corrected chi connectivity index (χ3v) is 4.55. The summed E-state index contributed by atoms with van der Waals surface area (Å²) >= 11 is 0. The molecule has 1 aromatic carbocycles. The van der Waals surface area contributed by atoms with Gasteiger partial charge >= 0.3 is 0 Å². The molecular formula is C18H28ClFN2O2. The number of benzene rings is 1. The van der Waals surface area contributed by atoms with Crippen LogP contribution in [0.1, 0.15) is 44.8 Å². The van der Waals surface area contributed by atoms with Gasteiger partial charge in [-0.3, -0.25) is 4.79 Å². The van der Waals surface area contributed by atoms with E-state index in [0.717, 1.165) is 18.4 Å². The number of hydrogen-bond donors (Lipinski definition) is 2. The highest BCUT2D eigenvalue weighted by molar-refractivity contribution is 5.85. The number of likely N-dealkylation sites (tertiary alicyclic amines) is 1. The number of aliphatic hydroxyl groups is 1. The molecule has 1 aromatic rings. The lowest BCUT2D eigenvalue weighted by Gasteiger charge is -2.35. The Morgan fingerprint density at radius 2 is 1.83 bits per heavy atom. The van der Waals surface area contributed by atoms with Crippen LogP contribution in [0.2, 0.25) is 0 Å². The number of piperidine rings is 1. The van der Waals surface area contributed by atoms with E-state index < -0.39 is 12.1 Å². The number of nitrogens with two attached hydrogens (primary N) is 1. The Labute approximate surface area is 149 Å². The summed E-state index contributed by atoms with van der Waals surface area (Å²) in [5, 5.41) is 10.4. The van der Waals surface area contributed by atoms with E-state index in [4.69, 9.17) is 5.73 Å². The molecule has 0 radical (unpaired) electrons. The predicted octanol–water partition coefficient (Wildman–Crippen LogP) is 2.89. The van der Waals surface area contributed by atoms with Gasteiger partial charge in [0.15, 0.2) is 0 Å². The van der Waals surface area contributed by atoms with Crippen LogP contribution in [0, 0.1) is 17.7 Å². The minimum atomic E-state index is -0.614. The van der Waals surface area contributed by atoms with Crippen LogP contribution < -0.4 is 5.73 Å². The second kappa shape index (κ2) is 9.35. The molecule has 2 atom stereocenters. The number of hydrogen-bond acceptors (Lipinski definition) is 3. The number of carbonyl (C=O) groups excluding carboxylic acids is 1. The highest BCUT2D eigenvalue weighted by Gasteiger charge is 2.30. The van der Waals surface area contributed by atoms with Gasteiger partial charge in [-0.25, -0.2) is 4.39 Å². The Morgan fingerprint density at radius 3 is 2.33 bits per heavy atom. The number of carbonyl (C=O) groups is 1. The summed E-state index contributed by atoms with van der Waals surface area (Å²) in [5.74, 6) is 0.187. The van der Waals surface area contributed by atoms with Crippen molar-refractivity contribution >= 4 is 18.3 Å². The molecule has 4 nitrogen and oxygen atoms in total. The molecule has 1 heterocycles. The summed E-state index contributed by atoms with van der Waals surface area (Å²) in [4.78, 5) is 14.1. The lowest BCUT2D eigenvalue weighted by atomic mass is 9.87. The number of amides is 1. The minimum absolute atomic E-state index is 0. The van der Waals surface area contributed by atoms with E-state index in [9.17, 15) is 14.3 Å². The maximum atomic E-state index is 13.0. The summed E-state index contributed by atoms with van der Waals surface area (Å²) in [7, 11) is 0. The van der Waals surface area contributed by atoms with Gasteiger partial charge in [0.05, 0.1) is 12.1 Å². The zero-order valence-electron chi connectivity index (χ0n) is 14.3. The SMILES string of the molecule is CC(C)C[C@H](N)C(=O)N1CCC(C(O)c2ccc(F)cc2)CC1.Cl. The Balaban J connectivity index is 0.00000288. The van der Waals surface area contributed by atoms with E-state index in [0.29, 0.717) is 25.4 Å². The van der Waals surface area contributed by atoms with E-state index in [1.807, 2.05) is 0 Å². The second-order valence-electron chi connectivity index (χ2n) is 6.90. The smallest absolute Gasteiger partial charge is 0.239 e. The van der Waals surface area contributed by atoms with Gasteiger partial charge in [0.1, 0.15) is 5.82 Å². The lowest BCUT2D eigenvalue weighted by molar-refractivity contribution is -0.135. The summed E-state index contributed by atoms with van der Waals surface area (Å²) < 4.78 is 13.0. The quantitative estimate of drug-likeness (QED) is 0.850. The number of rotatable bonds is 5. The highest BCUT2D eigenvalue weighted by Crippen LogP contribution is 2.31. The Kier molecular flexibility index (Phi) is 8.13. The summed E-state index contributed by atoms with van der Waals surface area (Å²) in [6, 6.07) is 5.53. The molecular weight excluding hydrogens is 331 g/mol. The first-order valence-electron chi connectivity index (χ1n) is 8.36. The lowest BCUT2D eigenvalue weighted by Crippen LogP contribution is -2.48. The molecule has 0 spiro atoms. The highest BCUT2D eigenvalue weighted by atomic mass is 35.5. The Bertz CT molecular complexity index is 516. The Morgan fingerprint density at radius 1 is 1.29 bits per heavy atom. The molecule has 1 fully saturated rings. The molecule has 136 valence electrons. The average Bonchev–Trinajstić information content (AvgIpc) is 2.53. The van der Waals surface area contributed by atoms with Gasteiger partial charge in [-0.05, 0) is 48.8 Å². The fourth-order valence-electron chi connectivity index (χ4n) is 3.21. The molecule has 2 rings (SSSR count). The van der Waals surface area contributed by atoms with E-state index >= 15 is 0 Å². The van der Waals surface area contributed by atoms with Gasteiger partial charge in [0.25, 0.3) is 0 Å². The van der Waals surface area contributed by atoms with E-state index in [1.165, 1.54) is 12.1 Å². The molecule has 1 aliphatic heterocycles. The zero-order valence-corrected chi connectivity index (χ0v) is 15.1. The molecule has 0 aliphatic carbocycles. The summed E-state index contributed by atoms with van der Waals surface area (Å²) in [6.45, 7) is 5.35. The van der Waals surface area contributed by atoms with Crippen LogP contribution in [0.4, 0.5) is 4.39 Å². The molecule has 0 saturated carbocycles. The topological polar surface area (TPSA) is 66.6 Å². The maximum absolute atomic E-state index is 13.0. The van der Waals surface area contributed by atoms with Gasteiger partial charge in [0, 0.05) is 13.1 Å². The monoisotopic (exact) mass is 358 g/mol. The molecule has 1 amide bonds. The van der Waals surface area contributed by atoms with Crippen LogP contribution in [-0.2, 0) is 4.79 Å². The summed E-state index contributed by atoms with van der Waals surface area (Å²) in [5.41, 5.74) is 6.70. The van der Waals surface area contributed by atoms with Crippen LogP contribution in [0.15, 0.2) is 24.3 Å². The normalized spacial score (nSPS) is 18.2. The van der Waals surface area contributed by atoms with Crippen molar-refractivity contribution in [2.75, 3.05) is 13.1 Å². The molecule has 1 saturated heterocycles. The van der Waals surface area contributed by atoms with Crippen molar-refractivity contribution in [3.63, 3.8) is 0 Å². The van der Waals surface area contributed by atoms with Crippen molar-refractivity contribution in [3.8, 4) is 0 Å². The molecule has 0 bridgehead atoms. The molecule has 24 heavy (non-hydrogen) atoms. The van der Waals surface area contributed by atoms with Crippen molar-refractivity contribution in [2.24, 2.45) is 17.6 Å². The van der Waals surface area contributed by atoms with Crippen LogP contribution in [-0.4, -0.2) is 35.0 Å². The molecule has 6 heteroatoms. The number of halogens is 2. The average molecular weight is 359 g/mol. The largest absolute Gasteiger partial charge is 0.388 e. The van der Waals surface area contributed by atoms with Crippen LogP contribution in [0.25, 0.3) is 0 Å². The fraction of sp³-hybridized carbons (Fsp3) is 0.611. The number of aliphatic hydroxyl groups excluding tert-OH is 1. The molecule has 0 aromatic heterocycles. The van der Waals surface area contributed by atoms with Crippen molar-refractivity contribution in [2.45, 2.75) is 45.3 Å². The first-order valence-corrected chi connectivity index (χ1v) is 8.36. The van der Waals surface area contributed by atoms with Crippen molar-refractivity contribution in [1.29, 1.82) is 0 Å². The standard InChI is InChI=1S/C18H27FN2O2.ClH/c1-12(2)11-16(20)18(23)21-9-7-14(8-10-21)17(22)13-3-5-15(19)6-4-13;/h3-6,12,14,16-17,22H,7-11,20H2,1-2H3;1H/t16-,17?;/m0./s1. The van der Waals surface area contributed by atoms with E-state index in [1.54, 1.807) is 17.0 Å². The Hall–Kier alpha value is -1.17. The molecule has 1 aliphatic rings. The third kappa shape index (κ3) is 5.43. The molecule has 3 N–H and O–H groups in total. The first kappa shape index (κ1) is 20.9. The van der Waals surface area contributed by atoms with Gasteiger partial charge in [-0.1, -0.05) is 26.0 Å². The van der Waals surface area contributed by atoms with Gasteiger partial charge < -0.3 is 15.7 Å².